The molecule has 2 aliphatic rings. The fraction of sp³-hybridized carbons (Fsp3) is 0.917. The molecule has 1 saturated carbocycles. The van der Waals surface area contributed by atoms with Gasteiger partial charge in [0.2, 0.25) is 5.91 Å². The maximum absolute atomic E-state index is 12.3. The van der Waals surface area contributed by atoms with Gasteiger partial charge in [0, 0.05) is 31.6 Å². The summed E-state index contributed by atoms with van der Waals surface area (Å²) >= 11 is 0. The number of amides is 1. The lowest BCUT2D eigenvalue weighted by molar-refractivity contribution is -0.138. The predicted molar refractivity (Wildman–Crippen MR) is 60.6 cm³/mol. The number of carbonyl (C=O) groups is 1. The molecule has 1 N–H and O–H groups in total. The first-order valence-corrected chi connectivity index (χ1v) is 6.14. The van der Waals surface area contributed by atoms with Gasteiger partial charge in [0.05, 0.1) is 0 Å². The van der Waals surface area contributed by atoms with E-state index in [0.29, 0.717) is 11.8 Å². The zero-order chi connectivity index (χ0) is 10.9. The Morgan fingerprint density at radius 1 is 1.33 bits per heavy atom. The van der Waals surface area contributed by atoms with Crippen LogP contribution in [-0.2, 0) is 4.79 Å². The third kappa shape index (κ3) is 2.33. The van der Waals surface area contributed by atoms with Gasteiger partial charge in [-0.3, -0.25) is 4.79 Å². The second-order valence-corrected chi connectivity index (χ2v) is 5.42. The van der Waals surface area contributed by atoms with Gasteiger partial charge in [-0.15, -0.1) is 0 Å². The molecule has 1 amide bonds. The Morgan fingerprint density at radius 2 is 1.93 bits per heavy atom. The Kier molecular flexibility index (Phi) is 3.01. The predicted octanol–water partition coefficient (Wildman–Crippen LogP) is 1.24. The van der Waals surface area contributed by atoms with Gasteiger partial charge in [0.15, 0.2) is 0 Å². The van der Waals surface area contributed by atoms with E-state index in [4.69, 9.17) is 0 Å². The third-order valence-corrected chi connectivity index (χ3v) is 3.51. The Bertz CT molecular complexity index is 240. The maximum Gasteiger partial charge on any atom is 0.228 e. The molecule has 1 aliphatic heterocycles. The zero-order valence-corrected chi connectivity index (χ0v) is 9.88. The summed E-state index contributed by atoms with van der Waals surface area (Å²) < 4.78 is 0. The Hall–Kier alpha value is -0.570. The molecule has 0 radical (unpaired) electrons. The highest BCUT2D eigenvalue weighted by molar-refractivity contribution is 5.85. The second-order valence-electron chi connectivity index (χ2n) is 5.42. The van der Waals surface area contributed by atoms with Crippen LogP contribution in [0.3, 0.4) is 0 Å². The minimum atomic E-state index is 0.0471. The molecular weight excluding hydrogens is 188 g/mol. The van der Waals surface area contributed by atoms with Gasteiger partial charge in [0.25, 0.3) is 0 Å². The van der Waals surface area contributed by atoms with Crippen molar-refractivity contribution >= 4 is 5.91 Å². The average molecular weight is 210 g/mol. The lowest BCUT2D eigenvalue weighted by atomic mass is 9.92. The molecule has 0 aromatic heterocycles. The van der Waals surface area contributed by atoms with E-state index in [0.717, 1.165) is 45.4 Å². The number of hydrogen-bond donors (Lipinski definition) is 1. The molecule has 1 aliphatic carbocycles. The quantitative estimate of drug-likeness (QED) is 0.760. The standard InChI is InChI=1S/C12H22N2O/c1-10(2)9-12(3-4-12)11(15)14-7-5-13-6-8-14/h10,13H,3-9H2,1-2H3. The molecule has 86 valence electrons. The van der Waals surface area contributed by atoms with Crippen molar-refractivity contribution in [2.24, 2.45) is 11.3 Å². The molecule has 0 unspecified atom stereocenters. The molecule has 0 atom stereocenters. The molecule has 1 saturated heterocycles. The molecule has 0 bridgehead atoms. The van der Waals surface area contributed by atoms with E-state index < -0.39 is 0 Å². The first-order valence-electron chi connectivity index (χ1n) is 6.14. The van der Waals surface area contributed by atoms with E-state index in [9.17, 15) is 4.79 Å². The Labute approximate surface area is 92.2 Å². The van der Waals surface area contributed by atoms with Gasteiger partial charge in [0.1, 0.15) is 0 Å². The van der Waals surface area contributed by atoms with Crippen LogP contribution in [0.4, 0.5) is 0 Å². The van der Waals surface area contributed by atoms with Crippen molar-refractivity contribution in [3.8, 4) is 0 Å². The van der Waals surface area contributed by atoms with Gasteiger partial charge in [-0.05, 0) is 25.2 Å². The summed E-state index contributed by atoms with van der Waals surface area (Å²) in [6.45, 7) is 8.15. The molecule has 15 heavy (non-hydrogen) atoms. The van der Waals surface area contributed by atoms with Crippen LogP contribution in [0.25, 0.3) is 0 Å². The number of nitrogens with one attached hydrogen (secondary N) is 1. The van der Waals surface area contributed by atoms with Crippen molar-refractivity contribution in [2.75, 3.05) is 26.2 Å². The van der Waals surface area contributed by atoms with E-state index in [1.807, 2.05) is 0 Å². The molecule has 0 aromatic rings. The van der Waals surface area contributed by atoms with Crippen LogP contribution in [0.15, 0.2) is 0 Å². The van der Waals surface area contributed by atoms with Crippen molar-refractivity contribution in [3.05, 3.63) is 0 Å². The molecule has 3 heteroatoms. The fourth-order valence-electron chi connectivity index (χ4n) is 2.64. The number of rotatable bonds is 3. The van der Waals surface area contributed by atoms with Crippen LogP contribution < -0.4 is 5.32 Å². The number of carbonyl (C=O) groups excluding carboxylic acids is 1. The van der Waals surface area contributed by atoms with Gasteiger partial charge in [-0.1, -0.05) is 13.8 Å². The second kappa shape index (κ2) is 4.12. The van der Waals surface area contributed by atoms with Crippen LogP contribution in [0.5, 0.6) is 0 Å². The summed E-state index contributed by atoms with van der Waals surface area (Å²) in [6, 6.07) is 0. The first-order chi connectivity index (χ1) is 7.14. The number of nitrogens with zero attached hydrogens (tertiary/aromatic N) is 1. The molecule has 0 aromatic carbocycles. The van der Waals surface area contributed by atoms with E-state index in [1.165, 1.54) is 0 Å². The van der Waals surface area contributed by atoms with Gasteiger partial charge < -0.3 is 10.2 Å². The fourth-order valence-corrected chi connectivity index (χ4v) is 2.64. The van der Waals surface area contributed by atoms with Crippen molar-refractivity contribution in [1.82, 2.24) is 10.2 Å². The largest absolute Gasteiger partial charge is 0.340 e. The monoisotopic (exact) mass is 210 g/mol. The van der Waals surface area contributed by atoms with Crippen molar-refractivity contribution in [3.63, 3.8) is 0 Å². The molecule has 0 spiro atoms. The average Bonchev–Trinajstić information content (AvgIpc) is 2.98. The number of hydrogen-bond acceptors (Lipinski definition) is 2. The minimum absolute atomic E-state index is 0.0471. The Balaban J connectivity index is 1.94. The van der Waals surface area contributed by atoms with Gasteiger partial charge in [-0.2, -0.15) is 0 Å². The lowest BCUT2D eigenvalue weighted by Crippen LogP contribution is -2.49. The summed E-state index contributed by atoms with van der Waals surface area (Å²) in [4.78, 5) is 14.4. The smallest absolute Gasteiger partial charge is 0.228 e. The summed E-state index contributed by atoms with van der Waals surface area (Å²) in [5.74, 6) is 1.07. The molecule has 3 nitrogen and oxygen atoms in total. The number of piperazine rings is 1. The first kappa shape index (κ1) is 10.9. The highest BCUT2D eigenvalue weighted by Gasteiger charge is 2.51. The van der Waals surface area contributed by atoms with Crippen molar-refractivity contribution < 1.29 is 4.79 Å². The Morgan fingerprint density at radius 3 is 2.40 bits per heavy atom. The van der Waals surface area contributed by atoms with Crippen molar-refractivity contribution in [1.29, 1.82) is 0 Å². The van der Waals surface area contributed by atoms with E-state index in [2.05, 4.69) is 24.1 Å². The van der Waals surface area contributed by atoms with Crippen LogP contribution in [0.1, 0.15) is 33.1 Å². The molecule has 1 heterocycles. The highest BCUT2D eigenvalue weighted by Crippen LogP contribution is 2.52. The van der Waals surface area contributed by atoms with Crippen molar-refractivity contribution in [2.45, 2.75) is 33.1 Å². The summed E-state index contributed by atoms with van der Waals surface area (Å²) in [5.41, 5.74) is 0.0471. The molecular formula is C12H22N2O. The zero-order valence-electron chi connectivity index (χ0n) is 9.88. The summed E-state index contributed by atoms with van der Waals surface area (Å²) in [6.07, 6.45) is 3.32. The van der Waals surface area contributed by atoms with Crippen LogP contribution in [-0.4, -0.2) is 37.0 Å². The van der Waals surface area contributed by atoms with Crippen LogP contribution in [0.2, 0.25) is 0 Å². The molecule has 2 fully saturated rings. The van der Waals surface area contributed by atoms with Gasteiger partial charge >= 0.3 is 0 Å². The van der Waals surface area contributed by atoms with Gasteiger partial charge in [-0.25, -0.2) is 0 Å². The van der Waals surface area contributed by atoms with Crippen LogP contribution >= 0.6 is 0 Å². The van der Waals surface area contributed by atoms with E-state index in [1.54, 1.807) is 0 Å². The minimum Gasteiger partial charge on any atom is -0.340 e. The highest BCUT2D eigenvalue weighted by atomic mass is 16.2. The van der Waals surface area contributed by atoms with E-state index in [-0.39, 0.29) is 5.41 Å². The molecule has 2 rings (SSSR count). The normalized spacial score (nSPS) is 24.3. The maximum atomic E-state index is 12.3. The van der Waals surface area contributed by atoms with E-state index >= 15 is 0 Å². The summed E-state index contributed by atoms with van der Waals surface area (Å²) in [7, 11) is 0. The SMILES string of the molecule is CC(C)CC1(C(=O)N2CCNCC2)CC1. The third-order valence-electron chi connectivity index (χ3n) is 3.51. The lowest BCUT2D eigenvalue weighted by Gasteiger charge is -2.31. The summed E-state index contributed by atoms with van der Waals surface area (Å²) in [5, 5.41) is 3.29. The van der Waals surface area contributed by atoms with Crippen LogP contribution in [0, 0.1) is 11.3 Å². The topological polar surface area (TPSA) is 32.3 Å².